The van der Waals surface area contributed by atoms with Gasteiger partial charge in [-0.1, -0.05) is 30.3 Å². The molecule has 2 amide bonds. The van der Waals surface area contributed by atoms with Gasteiger partial charge in [0.1, 0.15) is 12.9 Å². The summed E-state index contributed by atoms with van der Waals surface area (Å²) in [6.07, 6.45) is 4.35. The number of pyridine rings is 1. The third-order valence-corrected chi connectivity index (χ3v) is 3.71. The fraction of sp³-hybridized carbons (Fsp3) is 0.150. The van der Waals surface area contributed by atoms with Crippen molar-refractivity contribution in [1.82, 2.24) is 15.6 Å². The zero-order valence-corrected chi connectivity index (χ0v) is 14.6. The van der Waals surface area contributed by atoms with Gasteiger partial charge in [0.2, 0.25) is 11.8 Å². The van der Waals surface area contributed by atoms with Crippen LogP contribution in [-0.2, 0) is 17.9 Å². The van der Waals surface area contributed by atoms with E-state index in [1.54, 1.807) is 18.3 Å². The minimum atomic E-state index is -0.362. The molecule has 0 saturated heterocycles. The Hall–Kier alpha value is -3.61. The zero-order valence-electron chi connectivity index (χ0n) is 14.6. The summed E-state index contributed by atoms with van der Waals surface area (Å²) >= 11 is 0. The summed E-state index contributed by atoms with van der Waals surface area (Å²) in [6, 6.07) is 14.9. The van der Waals surface area contributed by atoms with E-state index in [-0.39, 0.29) is 18.4 Å². The number of nitrogens with zero attached hydrogens (tertiary/aromatic N) is 1. The van der Waals surface area contributed by atoms with Gasteiger partial charge in [-0.15, -0.1) is 0 Å². The van der Waals surface area contributed by atoms with Crippen LogP contribution < -0.4 is 15.4 Å². The Morgan fingerprint density at radius 1 is 1.04 bits per heavy atom. The molecule has 7 heteroatoms. The molecule has 1 aromatic carbocycles. The van der Waals surface area contributed by atoms with Crippen LogP contribution in [0.15, 0.2) is 71.7 Å². The molecule has 3 rings (SSSR count). The Bertz CT molecular complexity index is 879. The van der Waals surface area contributed by atoms with Crippen LogP contribution in [0.4, 0.5) is 0 Å². The number of aromatic nitrogens is 1. The average molecular weight is 365 g/mol. The number of benzene rings is 1. The fourth-order valence-corrected chi connectivity index (χ4v) is 2.29. The monoisotopic (exact) mass is 365 g/mol. The lowest BCUT2D eigenvalue weighted by atomic mass is 10.2. The lowest BCUT2D eigenvalue weighted by Gasteiger charge is -2.09. The van der Waals surface area contributed by atoms with Gasteiger partial charge in [0.25, 0.3) is 5.91 Å². The second-order valence-electron chi connectivity index (χ2n) is 5.75. The molecule has 0 aliphatic heterocycles. The van der Waals surface area contributed by atoms with E-state index in [1.165, 1.54) is 18.6 Å². The van der Waals surface area contributed by atoms with Crippen LogP contribution in [0.25, 0.3) is 0 Å². The molecule has 0 bridgehead atoms. The van der Waals surface area contributed by atoms with Crippen molar-refractivity contribution in [3.63, 3.8) is 0 Å². The number of carbonyl (C=O) groups is 2. The second kappa shape index (κ2) is 9.19. The number of hydrogen-bond donors (Lipinski definition) is 2. The Morgan fingerprint density at radius 3 is 2.67 bits per heavy atom. The predicted octanol–water partition coefficient (Wildman–Crippen LogP) is 2.30. The highest BCUT2D eigenvalue weighted by molar-refractivity contribution is 5.96. The molecule has 7 nitrogen and oxygen atoms in total. The zero-order chi connectivity index (χ0) is 18.9. The maximum absolute atomic E-state index is 11.9. The van der Waals surface area contributed by atoms with Gasteiger partial charge >= 0.3 is 0 Å². The van der Waals surface area contributed by atoms with Crippen LogP contribution in [0.5, 0.6) is 5.88 Å². The first-order valence-corrected chi connectivity index (χ1v) is 8.39. The Labute approximate surface area is 156 Å². The Balaban J connectivity index is 1.43. The summed E-state index contributed by atoms with van der Waals surface area (Å²) < 4.78 is 10.5. The van der Waals surface area contributed by atoms with Gasteiger partial charge in [0, 0.05) is 18.8 Å². The summed E-state index contributed by atoms with van der Waals surface area (Å²) in [5.74, 6) is -0.173. The van der Waals surface area contributed by atoms with Gasteiger partial charge in [0.05, 0.1) is 18.4 Å². The fourth-order valence-electron chi connectivity index (χ4n) is 2.29. The minimum absolute atomic E-state index is 0.119. The van der Waals surface area contributed by atoms with Crippen molar-refractivity contribution in [2.24, 2.45) is 0 Å². The normalized spacial score (nSPS) is 10.2. The molecule has 138 valence electrons. The molecule has 3 aromatic rings. The highest BCUT2D eigenvalue weighted by Gasteiger charge is 2.09. The van der Waals surface area contributed by atoms with Gasteiger partial charge in [-0.25, -0.2) is 4.98 Å². The second-order valence-corrected chi connectivity index (χ2v) is 5.75. The molecule has 0 spiro atoms. The maximum Gasteiger partial charge on any atom is 0.254 e. The van der Waals surface area contributed by atoms with E-state index >= 15 is 0 Å². The van der Waals surface area contributed by atoms with E-state index in [0.717, 1.165) is 11.1 Å². The smallest absolute Gasteiger partial charge is 0.254 e. The van der Waals surface area contributed by atoms with Crippen molar-refractivity contribution in [3.05, 3.63) is 83.9 Å². The van der Waals surface area contributed by atoms with Crippen LogP contribution in [0.3, 0.4) is 0 Å². The quantitative estimate of drug-likeness (QED) is 0.639. The Morgan fingerprint density at radius 2 is 1.89 bits per heavy atom. The van der Waals surface area contributed by atoms with Crippen molar-refractivity contribution in [1.29, 1.82) is 0 Å². The molecule has 0 radical (unpaired) electrons. The number of rotatable bonds is 8. The van der Waals surface area contributed by atoms with Gasteiger partial charge in [-0.2, -0.15) is 0 Å². The number of carbonyl (C=O) groups excluding carboxylic acids is 2. The molecule has 0 fully saturated rings. The topological polar surface area (TPSA) is 93.5 Å². The number of furan rings is 1. The van der Waals surface area contributed by atoms with Crippen LogP contribution in [0.2, 0.25) is 0 Å². The van der Waals surface area contributed by atoms with Crippen molar-refractivity contribution < 1.29 is 18.7 Å². The largest absolute Gasteiger partial charge is 0.473 e. The highest BCUT2D eigenvalue weighted by Crippen LogP contribution is 2.11. The number of ether oxygens (including phenoxy) is 1. The first-order chi connectivity index (χ1) is 13.2. The molecule has 2 aromatic heterocycles. The summed E-state index contributed by atoms with van der Waals surface area (Å²) in [5, 5.41) is 5.26. The number of nitrogens with one attached hydrogen (secondary N) is 2. The lowest BCUT2D eigenvalue weighted by molar-refractivity contribution is -0.120. The van der Waals surface area contributed by atoms with E-state index < -0.39 is 0 Å². The van der Waals surface area contributed by atoms with Gasteiger partial charge in [-0.3, -0.25) is 9.59 Å². The SMILES string of the molecule is O=C(CNC(=O)c1ccoc1)NCc1ccnc(OCc2ccccc2)c1. The Kier molecular flexibility index (Phi) is 6.19. The van der Waals surface area contributed by atoms with Crippen molar-refractivity contribution in [2.45, 2.75) is 13.2 Å². The molecule has 2 heterocycles. The van der Waals surface area contributed by atoms with E-state index in [1.807, 2.05) is 30.3 Å². The number of amides is 2. The van der Waals surface area contributed by atoms with Crippen molar-refractivity contribution >= 4 is 11.8 Å². The van der Waals surface area contributed by atoms with Crippen LogP contribution in [0, 0.1) is 0 Å². The molecule has 2 N–H and O–H groups in total. The van der Waals surface area contributed by atoms with Crippen LogP contribution >= 0.6 is 0 Å². The van der Waals surface area contributed by atoms with Crippen LogP contribution in [0.1, 0.15) is 21.5 Å². The van der Waals surface area contributed by atoms with E-state index in [4.69, 9.17) is 9.15 Å². The maximum atomic E-state index is 11.9. The predicted molar refractivity (Wildman–Crippen MR) is 97.9 cm³/mol. The van der Waals surface area contributed by atoms with Crippen LogP contribution in [-0.4, -0.2) is 23.3 Å². The molecule has 0 aliphatic carbocycles. The molecule has 0 atom stereocenters. The van der Waals surface area contributed by atoms with Gasteiger partial charge in [0.15, 0.2) is 0 Å². The molecule has 0 aliphatic rings. The lowest BCUT2D eigenvalue weighted by Crippen LogP contribution is -2.36. The first-order valence-electron chi connectivity index (χ1n) is 8.39. The van der Waals surface area contributed by atoms with E-state index in [2.05, 4.69) is 15.6 Å². The van der Waals surface area contributed by atoms with Crippen molar-refractivity contribution in [2.75, 3.05) is 6.54 Å². The van der Waals surface area contributed by atoms with E-state index in [0.29, 0.717) is 24.6 Å². The minimum Gasteiger partial charge on any atom is -0.473 e. The summed E-state index contributed by atoms with van der Waals surface area (Å²) in [7, 11) is 0. The standard InChI is InChI=1S/C20H19N3O4/c24-18(12-23-20(25)17-7-9-26-14-17)22-11-16-6-8-21-19(10-16)27-13-15-4-2-1-3-5-15/h1-10,14H,11-13H2,(H,22,24)(H,23,25). The average Bonchev–Trinajstić information content (AvgIpc) is 3.25. The summed E-state index contributed by atoms with van der Waals surface area (Å²) in [5.41, 5.74) is 2.27. The van der Waals surface area contributed by atoms with Crippen molar-refractivity contribution in [3.8, 4) is 5.88 Å². The summed E-state index contributed by atoms with van der Waals surface area (Å²) in [4.78, 5) is 27.8. The molecular weight excluding hydrogens is 346 g/mol. The molecule has 0 saturated carbocycles. The molecule has 27 heavy (non-hydrogen) atoms. The van der Waals surface area contributed by atoms with Gasteiger partial charge < -0.3 is 19.8 Å². The number of hydrogen-bond acceptors (Lipinski definition) is 5. The summed E-state index contributed by atoms with van der Waals surface area (Å²) in [6.45, 7) is 0.612. The highest BCUT2D eigenvalue weighted by atomic mass is 16.5. The van der Waals surface area contributed by atoms with Gasteiger partial charge in [-0.05, 0) is 23.3 Å². The third kappa shape index (κ3) is 5.71. The molecular formula is C20H19N3O4. The third-order valence-electron chi connectivity index (χ3n) is 3.71. The molecule has 0 unspecified atom stereocenters. The van der Waals surface area contributed by atoms with E-state index in [9.17, 15) is 9.59 Å². The first kappa shape index (κ1) is 18.2.